The van der Waals surface area contributed by atoms with Gasteiger partial charge in [-0.1, -0.05) is 29.8 Å². The number of nitrogens with zero attached hydrogens (tertiary/aromatic N) is 3. The van der Waals surface area contributed by atoms with Crippen LogP contribution in [0.4, 0.5) is 13.2 Å². The van der Waals surface area contributed by atoms with Crippen molar-refractivity contribution in [2.75, 3.05) is 7.05 Å². The summed E-state index contributed by atoms with van der Waals surface area (Å²) in [5, 5.41) is 4.94. The molecule has 0 aliphatic rings. The molecule has 3 aromatic carbocycles. The highest BCUT2D eigenvalue weighted by atomic mass is 35.5. The van der Waals surface area contributed by atoms with Gasteiger partial charge in [0.25, 0.3) is 0 Å². The molecule has 0 fully saturated rings. The van der Waals surface area contributed by atoms with Gasteiger partial charge in [0.05, 0.1) is 21.3 Å². The van der Waals surface area contributed by atoms with Crippen LogP contribution in [0.5, 0.6) is 5.75 Å². The van der Waals surface area contributed by atoms with Crippen molar-refractivity contribution in [3.63, 3.8) is 0 Å². The molecule has 8 nitrogen and oxygen atoms in total. The van der Waals surface area contributed by atoms with E-state index in [2.05, 4.69) is 19.5 Å². The predicted molar refractivity (Wildman–Crippen MR) is 147 cm³/mol. The third-order valence-corrected chi connectivity index (χ3v) is 7.95. The molecule has 1 N–H and O–H groups in total. The van der Waals surface area contributed by atoms with Crippen LogP contribution in [0, 0.1) is 13.8 Å². The Labute approximate surface area is 238 Å². The molecule has 212 valence electrons. The van der Waals surface area contributed by atoms with Crippen LogP contribution in [0.2, 0.25) is 5.02 Å². The van der Waals surface area contributed by atoms with Crippen molar-refractivity contribution in [1.29, 1.82) is 0 Å². The van der Waals surface area contributed by atoms with Crippen LogP contribution >= 0.6 is 11.6 Å². The average molecular weight is 603 g/mol. The van der Waals surface area contributed by atoms with Gasteiger partial charge >= 0.3 is 6.36 Å². The topological polar surface area (TPSA) is 99.2 Å². The number of halogens is 4. The first-order chi connectivity index (χ1) is 19.3. The van der Waals surface area contributed by atoms with Crippen molar-refractivity contribution in [3.8, 4) is 45.1 Å². The van der Waals surface area contributed by atoms with E-state index >= 15 is 0 Å². The molecule has 41 heavy (non-hydrogen) atoms. The Hall–Kier alpha value is -4.13. The van der Waals surface area contributed by atoms with Crippen LogP contribution in [0.1, 0.15) is 11.6 Å². The van der Waals surface area contributed by atoms with E-state index < -0.39 is 16.4 Å². The average Bonchev–Trinajstić information content (AvgIpc) is 3.49. The number of benzene rings is 3. The molecule has 13 heteroatoms. The second kappa shape index (κ2) is 10.7. The summed E-state index contributed by atoms with van der Waals surface area (Å²) in [6, 6.07) is 17.1. The van der Waals surface area contributed by atoms with E-state index in [4.69, 9.17) is 16.0 Å². The number of aromatic nitrogens is 3. The highest BCUT2D eigenvalue weighted by Gasteiger charge is 2.31. The molecule has 0 saturated carbocycles. The molecule has 2 heterocycles. The van der Waals surface area contributed by atoms with Crippen LogP contribution < -0.4 is 9.46 Å². The molecular weight excluding hydrogens is 581 g/mol. The Morgan fingerprint density at radius 2 is 1.66 bits per heavy atom. The Balaban J connectivity index is 1.68. The lowest BCUT2D eigenvalue weighted by molar-refractivity contribution is -0.274. The highest BCUT2D eigenvalue weighted by molar-refractivity contribution is 7.89. The van der Waals surface area contributed by atoms with Gasteiger partial charge in [0.15, 0.2) is 11.7 Å². The molecule has 5 aromatic rings. The van der Waals surface area contributed by atoms with E-state index in [0.29, 0.717) is 56.0 Å². The van der Waals surface area contributed by atoms with E-state index in [1.54, 1.807) is 61.1 Å². The Morgan fingerprint density at radius 3 is 2.29 bits per heavy atom. The van der Waals surface area contributed by atoms with Gasteiger partial charge in [-0.3, -0.25) is 0 Å². The number of hydrogen-bond donors (Lipinski definition) is 1. The molecular formula is C28H22ClF3N4O4S. The predicted octanol–water partition coefficient (Wildman–Crippen LogP) is 6.94. The lowest BCUT2D eigenvalue weighted by Gasteiger charge is -2.13. The summed E-state index contributed by atoms with van der Waals surface area (Å²) in [5.74, 6) is 0.273. The molecule has 0 unspecified atom stereocenters. The minimum atomic E-state index is -4.82. The van der Waals surface area contributed by atoms with Crippen LogP contribution in [0.3, 0.4) is 0 Å². The minimum Gasteiger partial charge on any atom is -0.440 e. The lowest BCUT2D eigenvalue weighted by atomic mass is 9.98. The van der Waals surface area contributed by atoms with Crippen LogP contribution in [-0.4, -0.2) is 36.6 Å². The summed E-state index contributed by atoms with van der Waals surface area (Å²) in [6.45, 7) is 3.41. The molecule has 2 aromatic heterocycles. The van der Waals surface area contributed by atoms with Crippen LogP contribution in [0.15, 0.2) is 82.2 Å². The number of aryl methyl sites for hydroxylation is 2. The van der Waals surface area contributed by atoms with E-state index in [0.717, 1.165) is 0 Å². The third-order valence-electron chi connectivity index (χ3n) is 6.17. The Morgan fingerprint density at radius 1 is 0.976 bits per heavy atom. The fraction of sp³-hybridized carbons (Fsp3) is 0.143. The van der Waals surface area contributed by atoms with E-state index in [9.17, 15) is 21.6 Å². The maximum atomic E-state index is 12.7. The maximum Gasteiger partial charge on any atom is 0.573 e. The van der Waals surface area contributed by atoms with E-state index in [-0.39, 0.29) is 10.6 Å². The van der Waals surface area contributed by atoms with Crippen molar-refractivity contribution in [1.82, 2.24) is 19.5 Å². The maximum absolute atomic E-state index is 12.7. The van der Waals surface area contributed by atoms with E-state index in [1.165, 1.54) is 37.4 Å². The minimum absolute atomic E-state index is 0.0926. The summed E-state index contributed by atoms with van der Waals surface area (Å²) in [7, 11) is -2.35. The lowest BCUT2D eigenvalue weighted by Crippen LogP contribution is -2.18. The third kappa shape index (κ3) is 5.99. The molecule has 0 bridgehead atoms. The SMILES string of the molecule is CNS(=O)(=O)c1cccc(-c2ccc(-n3cc(Cl)c(C)n3)c(-c3oc(C)nc3-c3ccc(OC(F)(F)F)cc3)c2)c1. The zero-order valence-corrected chi connectivity index (χ0v) is 23.4. The first-order valence-electron chi connectivity index (χ1n) is 12.1. The van der Waals surface area contributed by atoms with Crippen molar-refractivity contribution in [2.24, 2.45) is 0 Å². The van der Waals surface area contributed by atoms with Gasteiger partial charge in [-0.25, -0.2) is 22.8 Å². The largest absolute Gasteiger partial charge is 0.573 e. The van der Waals surface area contributed by atoms with Gasteiger partial charge < -0.3 is 9.15 Å². The number of sulfonamides is 1. The summed E-state index contributed by atoms with van der Waals surface area (Å²) >= 11 is 6.30. The summed E-state index contributed by atoms with van der Waals surface area (Å²) in [4.78, 5) is 4.60. The van der Waals surface area contributed by atoms with Gasteiger partial charge in [-0.2, -0.15) is 5.10 Å². The van der Waals surface area contributed by atoms with Crippen molar-refractivity contribution in [2.45, 2.75) is 25.1 Å². The number of oxazole rings is 1. The fourth-order valence-corrected chi connectivity index (χ4v) is 5.15. The first kappa shape index (κ1) is 28.4. The number of nitrogens with one attached hydrogen (secondary N) is 1. The van der Waals surface area contributed by atoms with Gasteiger partial charge in [-0.05, 0) is 73.6 Å². The zero-order chi connectivity index (χ0) is 29.5. The molecule has 0 aliphatic carbocycles. The first-order valence-corrected chi connectivity index (χ1v) is 13.9. The van der Waals surface area contributed by atoms with Crippen molar-refractivity contribution < 1.29 is 30.7 Å². The zero-order valence-electron chi connectivity index (χ0n) is 21.8. The monoisotopic (exact) mass is 602 g/mol. The molecule has 5 rings (SSSR count). The second-order valence-electron chi connectivity index (χ2n) is 8.96. The van der Waals surface area contributed by atoms with Crippen LogP contribution in [-0.2, 0) is 10.0 Å². The quantitative estimate of drug-likeness (QED) is 0.217. The van der Waals surface area contributed by atoms with Crippen molar-refractivity contribution >= 4 is 21.6 Å². The summed E-state index contributed by atoms with van der Waals surface area (Å²) in [5.41, 5.74) is 3.87. The Kier molecular flexibility index (Phi) is 7.41. The van der Waals surface area contributed by atoms with Gasteiger partial charge in [0, 0.05) is 24.2 Å². The molecule has 0 amide bonds. The molecule has 0 saturated heterocycles. The second-order valence-corrected chi connectivity index (χ2v) is 11.3. The van der Waals surface area contributed by atoms with Crippen LogP contribution in [0.25, 0.3) is 39.4 Å². The number of hydrogen-bond acceptors (Lipinski definition) is 6. The van der Waals surface area contributed by atoms with Gasteiger partial charge in [-0.15, -0.1) is 13.2 Å². The van der Waals surface area contributed by atoms with Gasteiger partial charge in [0.1, 0.15) is 11.4 Å². The molecule has 0 radical (unpaired) electrons. The Bertz CT molecular complexity index is 1830. The highest BCUT2D eigenvalue weighted by Crippen LogP contribution is 2.39. The normalized spacial score (nSPS) is 12.1. The summed E-state index contributed by atoms with van der Waals surface area (Å²) < 4.78 is 76.8. The molecule has 0 spiro atoms. The van der Waals surface area contributed by atoms with Crippen molar-refractivity contribution in [3.05, 3.63) is 89.5 Å². The molecule has 0 aliphatic heterocycles. The smallest absolute Gasteiger partial charge is 0.440 e. The number of ether oxygens (including phenoxy) is 1. The number of rotatable bonds is 7. The number of alkyl halides is 3. The van der Waals surface area contributed by atoms with E-state index in [1.807, 2.05) is 0 Å². The standard InChI is InChI=1S/C28H22ClF3N4O4S/c1-16-24(29)15-36(35-16)25-12-9-20(19-5-4-6-22(13-19)41(37,38)33-3)14-23(25)27-26(34-17(2)39-27)18-7-10-21(11-8-18)40-28(30,31)32/h4-15,33H,1-3H3. The van der Waals surface area contributed by atoms with Gasteiger partial charge in [0.2, 0.25) is 10.0 Å². The fourth-order valence-electron chi connectivity index (χ4n) is 4.24. The molecule has 0 atom stereocenters. The summed E-state index contributed by atoms with van der Waals surface area (Å²) in [6.07, 6.45) is -3.18.